The summed E-state index contributed by atoms with van der Waals surface area (Å²) >= 11 is 0. The molecule has 0 amide bonds. The number of aromatic amines is 1. The molecule has 0 saturated carbocycles. The van der Waals surface area contributed by atoms with Gasteiger partial charge in [-0.05, 0) is 74.5 Å². The first kappa shape index (κ1) is 17.8. The zero-order chi connectivity index (χ0) is 18.8. The highest BCUT2D eigenvalue weighted by Gasteiger charge is 2.32. The summed E-state index contributed by atoms with van der Waals surface area (Å²) in [5.74, 6) is 2.84. The fourth-order valence-corrected chi connectivity index (χ4v) is 5.02. The minimum Gasteiger partial charge on any atom is -0.341 e. The number of benzene rings is 1. The maximum Gasteiger partial charge on any atom is 0.121 e. The number of imidazole rings is 1. The van der Waals surface area contributed by atoms with Gasteiger partial charge in [-0.1, -0.05) is 18.2 Å². The smallest absolute Gasteiger partial charge is 0.121 e. The second-order valence-electron chi connectivity index (χ2n) is 8.46. The Hall–Kier alpha value is -2.24. The molecule has 2 fully saturated rings. The molecule has 28 heavy (non-hydrogen) atoms. The largest absolute Gasteiger partial charge is 0.341 e. The van der Waals surface area contributed by atoms with Crippen LogP contribution in [-0.4, -0.2) is 50.9 Å². The summed E-state index contributed by atoms with van der Waals surface area (Å²) < 4.78 is 0. The molecule has 0 bridgehead atoms. The lowest BCUT2D eigenvalue weighted by Crippen LogP contribution is -2.36. The normalized spacial score (nSPS) is 22.2. The van der Waals surface area contributed by atoms with Gasteiger partial charge in [-0.25, -0.2) is 4.98 Å². The van der Waals surface area contributed by atoms with Crippen LogP contribution in [0.1, 0.15) is 30.7 Å². The molecule has 0 radical (unpaired) electrons. The zero-order valence-corrected chi connectivity index (χ0v) is 16.4. The molecule has 1 atom stereocenters. The fourth-order valence-electron chi connectivity index (χ4n) is 5.02. The van der Waals surface area contributed by atoms with Gasteiger partial charge in [0.1, 0.15) is 5.82 Å². The highest BCUT2D eigenvalue weighted by atomic mass is 15.2. The van der Waals surface area contributed by atoms with Gasteiger partial charge in [-0.15, -0.1) is 0 Å². The van der Waals surface area contributed by atoms with Crippen LogP contribution in [0.5, 0.6) is 0 Å². The Morgan fingerprint density at radius 2 is 1.71 bits per heavy atom. The third kappa shape index (κ3) is 3.96. The van der Waals surface area contributed by atoms with E-state index in [1.54, 1.807) is 0 Å². The first-order valence-electron chi connectivity index (χ1n) is 10.6. The summed E-state index contributed by atoms with van der Waals surface area (Å²) in [6.07, 6.45) is 7.87. The van der Waals surface area contributed by atoms with Crippen molar-refractivity contribution >= 4 is 11.0 Å². The minimum absolute atomic E-state index is 0.852. The molecule has 1 unspecified atom stereocenters. The van der Waals surface area contributed by atoms with E-state index in [4.69, 9.17) is 4.98 Å². The lowest BCUT2D eigenvalue weighted by molar-refractivity contribution is 0.140. The lowest BCUT2D eigenvalue weighted by atomic mass is 9.83. The molecule has 146 valence electrons. The van der Waals surface area contributed by atoms with E-state index < -0.39 is 0 Å². The maximum absolute atomic E-state index is 4.75. The number of hydrogen-bond acceptors (Lipinski definition) is 4. The van der Waals surface area contributed by atoms with Gasteiger partial charge in [0.05, 0.1) is 17.6 Å². The van der Waals surface area contributed by atoms with Crippen LogP contribution in [0.3, 0.4) is 0 Å². The predicted octanol–water partition coefficient (Wildman–Crippen LogP) is 3.69. The molecule has 2 aromatic heterocycles. The Kier molecular flexibility index (Phi) is 5.10. The number of para-hydroxylation sites is 2. The van der Waals surface area contributed by atoms with Crippen molar-refractivity contribution in [3.63, 3.8) is 0 Å². The Morgan fingerprint density at radius 3 is 2.54 bits per heavy atom. The topological polar surface area (TPSA) is 48.1 Å². The molecule has 2 aliphatic rings. The second kappa shape index (κ2) is 8.02. The van der Waals surface area contributed by atoms with Gasteiger partial charge in [-0.3, -0.25) is 14.8 Å². The van der Waals surface area contributed by atoms with Crippen LogP contribution in [0.25, 0.3) is 11.0 Å². The van der Waals surface area contributed by atoms with Crippen molar-refractivity contribution in [2.24, 2.45) is 11.8 Å². The van der Waals surface area contributed by atoms with Crippen LogP contribution in [-0.2, 0) is 13.1 Å². The van der Waals surface area contributed by atoms with Crippen LogP contribution in [0.4, 0.5) is 0 Å². The van der Waals surface area contributed by atoms with Gasteiger partial charge in [0.15, 0.2) is 0 Å². The van der Waals surface area contributed by atoms with Crippen LogP contribution in [0.2, 0.25) is 0 Å². The van der Waals surface area contributed by atoms with Gasteiger partial charge in [0.2, 0.25) is 0 Å². The molecule has 0 aliphatic carbocycles. The first-order valence-corrected chi connectivity index (χ1v) is 10.6. The Morgan fingerprint density at radius 1 is 0.893 bits per heavy atom. The van der Waals surface area contributed by atoms with Gasteiger partial charge in [0, 0.05) is 25.5 Å². The van der Waals surface area contributed by atoms with Gasteiger partial charge < -0.3 is 4.98 Å². The summed E-state index contributed by atoms with van der Waals surface area (Å²) in [5, 5.41) is 0. The lowest BCUT2D eigenvalue weighted by Gasteiger charge is -2.34. The van der Waals surface area contributed by atoms with Gasteiger partial charge in [-0.2, -0.15) is 0 Å². The number of likely N-dealkylation sites (tertiary alicyclic amines) is 2. The first-order chi connectivity index (χ1) is 13.8. The monoisotopic (exact) mass is 375 g/mol. The zero-order valence-electron chi connectivity index (χ0n) is 16.4. The van der Waals surface area contributed by atoms with Crippen LogP contribution >= 0.6 is 0 Å². The number of hydrogen-bond donors (Lipinski definition) is 1. The molecule has 0 spiro atoms. The molecule has 5 heteroatoms. The van der Waals surface area contributed by atoms with E-state index in [0.717, 1.165) is 41.8 Å². The van der Waals surface area contributed by atoms with Crippen LogP contribution < -0.4 is 0 Å². The Balaban J connectivity index is 1.12. The predicted molar refractivity (Wildman–Crippen MR) is 112 cm³/mol. The van der Waals surface area contributed by atoms with Crippen molar-refractivity contribution in [2.45, 2.75) is 32.4 Å². The van der Waals surface area contributed by atoms with Crippen molar-refractivity contribution in [1.82, 2.24) is 24.8 Å². The van der Waals surface area contributed by atoms with Crippen LogP contribution in [0.15, 0.2) is 48.8 Å². The molecular weight excluding hydrogens is 346 g/mol. The van der Waals surface area contributed by atoms with Crippen molar-refractivity contribution in [3.05, 3.63) is 60.2 Å². The third-order valence-electron chi connectivity index (χ3n) is 6.55. The third-order valence-corrected chi connectivity index (χ3v) is 6.55. The average molecular weight is 376 g/mol. The minimum atomic E-state index is 0.852. The SMILES string of the molecule is c1cncc(CN2CCC(C3CCN(Cc4nc5ccccc5[nH]4)C3)CC2)c1. The fraction of sp³-hybridized carbons (Fsp3) is 0.478. The molecule has 1 aromatic carbocycles. The number of fused-ring (bicyclic) bond motifs is 1. The number of nitrogens with one attached hydrogen (secondary N) is 1. The van der Waals surface area contributed by atoms with Crippen LogP contribution in [0, 0.1) is 11.8 Å². The van der Waals surface area contributed by atoms with E-state index >= 15 is 0 Å². The number of pyridine rings is 1. The molecule has 1 N–H and O–H groups in total. The number of piperidine rings is 1. The number of H-pyrrole nitrogens is 1. The highest BCUT2D eigenvalue weighted by molar-refractivity contribution is 5.74. The second-order valence-corrected chi connectivity index (χ2v) is 8.46. The van der Waals surface area contributed by atoms with Crippen molar-refractivity contribution in [3.8, 4) is 0 Å². The summed E-state index contributed by atoms with van der Waals surface area (Å²) in [6, 6.07) is 12.5. The maximum atomic E-state index is 4.75. The molecule has 4 heterocycles. The molecule has 2 saturated heterocycles. The summed E-state index contributed by atoms with van der Waals surface area (Å²) in [5.41, 5.74) is 3.56. The molecule has 5 nitrogen and oxygen atoms in total. The Bertz CT molecular complexity index is 865. The van der Waals surface area contributed by atoms with E-state index in [0.29, 0.717) is 0 Å². The summed E-state index contributed by atoms with van der Waals surface area (Å²) in [4.78, 5) is 17.7. The molecule has 2 aliphatic heterocycles. The van der Waals surface area contributed by atoms with Crippen molar-refractivity contribution < 1.29 is 0 Å². The highest BCUT2D eigenvalue weighted by Crippen LogP contribution is 2.32. The summed E-state index contributed by atoms with van der Waals surface area (Å²) in [7, 11) is 0. The number of nitrogens with zero attached hydrogens (tertiary/aromatic N) is 4. The van der Waals surface area contributed by atoms with Crippen molar-refractivity contribution in [2.75, 3.05) is 26.2 Å². The van der Waals surface area contributed by atoms with E-state index in [2.05, 4.69) is 50.1 Å². The average Bonchev–Trinajstić information content (AvgIpc) is 3.36. The standard InChI is InChI=1S/C23H29N5/c1-2-6-22-21(5-1)25-23(26-22)17-28-13-9-20(16-28)19-7-11-27(12-8-19)15-18-4-3-10-24-14-18/h1-6,10,14,19-20H,7-9,11-13,15-17H2,(H,25,26). The summed E-state index contributed by atoms with van der Waals surface area (Å²) in [6.45, 7) is 6.87. The van der Waals surface area contributed by atoms with E-state index in [1.807, 2.05) is 18.5 Å². The van der Waals surface area contributed by atoms with E-state index in [1.165, 1.54) is 51.0 Å². The van der Waals surface area contributed by atoms with Crippen molar-refractivity contribution in [1.29, 1.82) is 0 Å². The number of rotatable bonds is 5. The molecule has 5 rings (SSSR count). The molecule has 3 aromatic rings. The van der Waals surface area contributed by atoms with E-state index in [-0.39, 0.29) is 0 Å². The quantitative estimate of drug-likeness (QED) is 0.739. The van der Waals surface area contributed by atoms with Gasteiger partial charge >= 0.3 is 0 Å². The Labute approximate surface area is 166 Å². The number of aromatic nitrogens is 3. The van der Waals surface area contributed by atoms with E-state index in [9.17, 15) is 0 Å². The van der Waals surface area contributed by atoms with Gasteiger partial charge in [0.25, 0.3) is 0 Å². The molecular formula is C23H29N5.